The van der Waals surface area contributed by atoms with E-state index in [2.05, 4.69) is 20.0 Å². The molecular formula is C22H16N4O5S. The molecule has 0 atom stereocenters. The summed E-state index contributed by atoms with van der Waals surface area (Å²) < 4.78 is 10.3. The second-order valence-electron chi connectivity index (χ2n) is 6.86. The van der Waals surface area contributed by atoms with Crippen molar-refractivity contribution in [3.05, 3.63) is 60.0 Å². The van der Waals surface area contributed by atoms with Crippen LogP contribution in [0.4, 0.5) is 21.1 Å². The van der Waals surface area contributed by atoms with Gasteiger partial charge in [0.1, 0.15) is 23.2 Å². The highest BCUT2D eigenvalue weighted by Crippen LogP contribution is 2.37. The number of nitrogens with zero attached hydrogens (tertiary/aromatic N) is 3. The topological polar surface area (TPSA) is 114 Å². The van der Waals surface area contributed by atoms with Crippen LogP contribution in [0.2, 0.25) is 0 Å². The van der Waals surface area contributed by atoms with Gasteiger partial charge in [-0.3, -0.25) is 10.2 Å². The monoisotopic (exact) mass is 448 g/mol. The van der Waals surface area contributed by atoms with Crippen molar-refractivity contribution in [1.29, 1.82) is 0 Å². The fourth-order valence-electron chi connectivity index (χ4n) is 3.40. The summed E-state index contributed by atoms with van der Waals surface area (Å²) in [5, 5.41) is 14.7. The van der Waals surface area contributed by atoms with Gasteiger partial charge in [-0.05, 0) is 36.4 Å². The van der Waals surface area contributed by atoms with Crippen LogP contribution >= 0.6 is 11.3 Å². The first-order chi connectivity index (χ1) is 15.6. The summed E-state index contributed by atoms with van der Waals surface area (Å²) in [6.07, 6.45) is -1.43. The second kappa shape index (κ2) is 8.16. The van der Waals surface area contributed by atoms with Crippen LogP contribution in [0.3, 0.4) is 0 Å². The molecule has 32 heavy (non-hydrogen) atoms. The van der Waals surface area contributed by atoms with Gasteiger partial charge in [0.2, 0.25) is 5.88 Å². The summed E-state index contributed by atoms with van der Waals surface area (Å²) in [6, 6.07) is 16.4. The third-order valence-corrected chi connectivity index (χ3v) is 5.69. The average Bonchev–Trinajstić information content (AvgIpc) is 3.26. The molecule has 0 spiro atoms. The predicted octanol–water partition coefficient (Wildman–Crippen LogP) is 4.85. The van der Waals surface area contributed by atoms with Crippen LogP contribution in [0, 0.1) is 0 Å². The van der Waals surface area contributed by atoms with Crippen LogP contribution in [0.5, 0.6) is 11.6 Å². The number of carbonyl (C=O) groups excluding carboxylic acids is 1. The standard InChI is InChI=1S/C22H16N4O5S/c27-21(24-18-8-6-13-3-1-2-4-15(13)23-18)26-9-10-30-17-7-5-14(11-16(17)26)20-25-19(12-32-20)31-22(28)29/h1-8,11-12H,9-10H2,(H,28,29)(H,23,24,27). The minimum Gasteiger partial charge on any atom is -0.490 e. The van der Waals surface area contributed by atoms with Crippen molar-refractivity contribution in [3.8, 4) is 22.2 Å². The van der Waals surface area contributed by atoms with Crippen LogP contribution in [0.25, 0.3) is 21.5 Å². The zero-order chi connectivity index (χ0) is 22.1. The number of hydrogen-bond acceptors (Lipinski definition) is 7. The van der Waals surface area contributed by atoms with Gasteiger partial charge < -0.3 is 14.6 Å². The van der Waals surface area contributed by atoms with Crippen molar-refractivity contribution in [1.82, 2.24) is 9.97 Å². The lowest BCUT2D eigenvalue weighted by Crippen LogP contribution is -2.40. The lowest BCUT2D eigenvalue weighted by atomic mass is 10.1. The van der Waals surface area contributed by atoms with Crippen LogP contribution in [-0.2, 0) is 0 Å². The van der Waals surface area contributed by atoms with E-state index in [0.29, 0.717) is 41.0 Å². The van der Waals surface area contributed by atoms with E-state index in [1.165, 1.54) is 16.7 Å². The number of rotatable bonds is 3. The van der Waals surface area contributed by atoms with Crippen molar-refractivity contribution in [2.45, 2.75) is 0 Å². The summed E-state index contributed by atoms with van der Waals surface area (Å²) in [5.41, 5.74) is 2.09. The van der Waals surface area contributed by atoms with E-state index in [9.17, 15) is 9.59 Å². The molecule has 0 fully saturated rings. The van der Waals surface area contributed by atoms with Crippen LogP contribution in [-0.4, -0.2) is 40.4 Å². The number of ether oxygens (including phenoxy) is 2. The fraction of sp³-hybridized carbons (Fsp3) is 0.0909. The molecular weight excluding hydrogens is 432 g/mol. The van der Waals surface area contributed by atoms with Crippen molar-refractivity contribution >= 4 is 45.9 Å². The maximum Gasteiger partial charge on any atom is 0.512 e. The number of benzene rings is 2. The number of carbonyl (C=O) groups is 2. The maximum absolute atomic E-state index is 13.1. The molecule has 0 unspecified atom stereocenters. The Balaban J connectivity index is 1.41. The van der Waals surface area contributed by atoms with Crippen molar-refractivity contribution < 1.29 is 24.2 Å². The Bertz CT molecular complexity index is 1340. The minimum absolute atomic E-state index is 0.00319. The molecule has 0 saturated heterocycles. The molecule has 1 aliphatic heterocycles. The molecule has 160 valence electrons. The van der Waals surface area contributed by atoms with Gasteiger partial charge in [-0.2, -0.15) is 0 Å². The zero-order valence-electron chi connectivity index (χ0n) is 16.5. The highest BCUT2D eigenvalue weighted by Gasteiger charge is 2.25. The highest BCUT2D eigenvalue weighted by molar-refractivity contribution is 7.13. The third kappa shape index (κ3) is 3.91. The molecule has 0 aliphatic carbocycles. The number of urea groups is 1. The number of amides is 2. The number of thiazole rings is 1. The van der Waals surface area contributed by atoms with Crippen molar-refractivity contribution in [2.24, 2.45) is 0 Å². The maximum atomic E-state index is 13.1. The molecule has 2 aromatic heterocycles. The minimum atomic E-state index is -1.43. The Kier molecular flexibility index (Phi) is 5.04. The molecule has 2 aromatic carbocycles. The van der Waals surface area contributed by atoms with Gasteiger partial charge in [0, 0.05) is 10.9 Å². The summed E-state index contributed by atoms with van der Waals surface area (Å²) in [4.78, 5) is 34.0. The Morgan fingerprint density at radius 3 is 2.88 bits per heavy atom. The molecule has 4 aromatic rings. The predicted molar refractivity (Wildman–Crippen MR) is 120 cm³/mol. The largest absolute Gasteiger partial charge is 0.512 e. The molecule has 9 nitrogen and oxygen atoms in total. The van der Waals surface area contributed by atoms with E-state index in [4.69, 9.17) is 9.84 Å². The number of carboxylic acid groups (broad SMARTS) is 1. The molecule has 0 radical (unpaired) electrons. The van der Waals surface area contributed by atoms with Crippen molar-refractivity contribution in [2.75, 3.05) is 23.4 Å². The number of pyridine rings is 1. The van der Waals surface area contributed by atoms with Gasteiger partial charge in [0.05, 0.1) is 23.1 Å². The Hall–Kier alpha value is -4.18. The van der Waals surface area contributed by atoms with E-state index in [-0.39, 0.29) is 11.9 Å². The van der Waals surface area contributed by atoms with Gasteiger partial charge in [-0.1, -0.05) is 18.2 Å². The molecule has 5 rings (SSSR count). The smallest absolute Gasteiger partial charge is 0.490 e. The van der Waals surface area contributed by atoms with Gasteiger partial charge in [0.25, 0.3) is 0 Å². The summed E-state index contributed by atoms with van der Waals surface area (Å²) >= 11 is 1.24. The lowest BCUT2D eigenvalue weighted by Gasteiger charge is -2.29. The number of fused-ring (bicyclic) bond motifs is 2. The molecule has 2 amide bonds. The molecule has 2 N–H and O–H groups in total. The van der Waals surface area contributed by atoms with Crippen LogP contribution in [0.15, 0.2) is 60.0 Å². The second-order valence-corrected chi connectivity index (χ2v) is 7.72. The van der Waals surface area contributed by atoms with Crippen LogP contribution < -0.4 is 19.7 Å². The third-order valence-electron chi connectivity index (χ3n) is 4.82. The molecule has 0 bridgehead atoms. The Morgan fingerprint density at radius 2 is 2.00 bits per heavy atom. The number of nitrogens with one attached hydrogen (secondary N) is 1. The fourth-order valence-corrected chi connectivity index (χ4v) is 4.12. The SMILES string of the molecule is O=C(O)Oc1csc(-c2ccc3c(c2)N(C(=O)Nc2ccc4ccccc4n2)CCO3)n1. The van der Waals surface area contributed by atoms with E-state index in [1.54, 1.807) is 29.2 Å². The van der Waals surface area contributed by atoms with Gasteiger partial charge in [0.15, 0.2) is 0 Å². The van der Waals surface area contributed by atoms with Gasteiger partial charge in [-0.15, -0.1) is 11.3 Å². The Labute approximate surface area is 185 Å². The highest BCUT2D eigenvalue weighted by atomic mass is 32.1. The average molecular weight is 448 g/mol. The number of anilines is 2. The normalized spacial score (nSPS) is 12.7. The van der Waals surface area contributed by atoms with Gasteiger partial charge in [-0.25, -0.2) is 19.6 Å². The molecule has 1 aliphatic rings. The van der Waals surface area contributed by atoms with E-state index >= 15 is 0 Å². The quantitative estimate of drug-likeness (QED) is 0.431. The summed E-state index contributed by atoms with van der Waals surface area (Å²) in [5.74, 6) is 1.02. The lowest BCUT2D eigenvalue weighted by molar-refractivity contribution is 0.143. The van der Waals surface area contributed by atoms with E-state index in [1.807, 2.05) is 30.3 Å². The van der Waals surface area contributed by atoms with E-state index in [0.717, 1.165) is 10.9 Å². The summed E-state index contributed by atoms with van der Waals surface area (Å²) in [6.45, 7) is 0.722. The van der Waals surface area contributed by atoms with Gasteiger partial charge >= 0.3 is 12.2 Å². The van der Waals surface area contributed by atoms with E-state index < -0.39 is 6.16 Å². The number of para-hydroxylation sites is 1. The molecule has 0 saturated carbocycles. The first kappa shape index (κ1) is 19.8. The number of aromatic nitrogens is 2. The van der Waals surface area contributed by atoms with Crippen molar-refractivity contribution in [3.63, 3.8) is 0 Å². The zero-order valence-corrected chi connectivity index (χ0v) is 17.3. The molecule has 10 heteroatoms. The molecule has 3 heterocycles. The first-order valence-corrected chi connectivity index (χ1v) is 10.5. The summed E-state index contributed by atoms with van der Waals surface area (Å²) in [7, 11) is 0. The first-order valence-electron chi connectivity index (χ1n) is 9.65. The van der Waals surface area contributed by atoms with Crippen LogP contribution in [0.1, 0.15) is 0 Å². The Morgan fingerprint density at radius 1 is 1.12 bits per heavy atom. The number of hydrogen-bond donors (Lipinski definition) is 2.